The molecule has 6 heteroatoms. The third-order valence-electron chi connectivity index (χ3n) is 2.25. The second-order valence-electron chi connectivity index (χ2n) is 3.48. The lowest BCUT2D eigenvalue weighted by Crippen LogP contribution is -2.26. The van der Waals surface area contributed by atoms with E-state index >= 15 is 0 Å². The molecule has 0 aliphatic carbocycles. The molecule has 0 aliphatic heterocycles. The van der Waals surface area contributed by atoms with E-state index in [1.54, 1.807) is 31.2 Å². The number of carbonyl (C=O) groups excluding carboxylic acids is 1. The Hall–Kier alpha value is -2.06. The zero-order valence-corrected chi connectivity index (χ0v) is 11.3. The van der Waals surface area contributed by atoms with Crippen molar-refractivity contribution >= 4 is 23.3 Å². The molecule has 0 saturated heterocycles. The molecule has 0 amide bonds. The van der Waals surface area contributed by atoms with Gasteiger partial charge in [0.15, 0.2) is 5.92 Å². The Balaban J connectivity index is 3.13. The number of halogens is 1. The molecule has 1 rings (SSSR count). The number of carbonyl (C=O) groups is 1. The van der Waals surface area contributed by atoms with Crippen LogP contribution in [0.1, 0.15) is 12.5 Å². The zero-order chi connectivity index (χ0) is 14.3. The minimum Gasteiger partial charge on any atom is -0.465 e. The summed E-state index contributed by atoms with van der Waals surface area (Å²) in [7, 11) is 1.34. The van der Waals surface area contributed by atoms with Crippen molar-refractivity contribution in [2.45, 2.75) is 6.92 Å². The van der Waals surface area contributed by atoms with Gasteiger partial charge in [-0.15, -0.1) is 0 Å². The number of ether oxygens (including phenoxy) is 1. The maximum absolute atomic E-state index is 11.7. The molecule has 0 saturated carbocycles. The van der Waals surface area contributed by atoms with Crippen LogP contribution in [0.4, 0.5) is 0 Å². The summed E-state index contributed by atoms with van der Waals surface area (Å²) in [5.74, 6) is -1.79. The van der Waals surface area contributed by atoms with Gasteiger partial charge in [-0.2, -0.15) is 5.26 Å². The molecular weight excluding hydrogens is 268 g/mol. The van der Waals surface area contributed by atoms with Crippen molar-refractivity contribution in [3.05, 3.63) is 34.9 Å². The summed E-state index contributed by atoms with van der Waals surface area (Å²) >= 11 is 5.79. The molecule has 1 atom stereocenters. The summed E-state index contributed by atoms with van der Waals surface area (Å²) < 4.78 is 4.84. The third kappa shape index (κ3) is 3.97. The smallest absolute Gasteiger partial charge is 0.329 e. The van der Waals surface area contributed by atoms with Crippen molar-refractivity contribution in [3.8, 4) is 6.07 Å². The van der Waals surface area contributed by atoms with E-state index in [-0.39, 0.29) is 12.3 Å². The van der Waals surface area contributed by atoms with Gasteiger partial charge in [-0.05, 0) is 19.1 Å². The molecule has 0 fully saturated rings. The largest absolute Gasteiger partial charge is 0.465 e. The van der Waals surface area contributed by atoms with E-state index in [0.717, 1.165) is 0 Å². The summed E-state index contributed by atoms with van der Waals surface area (Å²) in [6.45, 7) is 1.86. The first-order valence-corrected chi connectivity index (χ1v) is 5.95. The molecule has 0 aromatic heterocycles. The van der Waals surface area contributed by atoms with E-state index in [1.807, 2.05) is 6.07 Å². The fourth-order valence-electron chi connectivity index (χ4n) is 1.44. The Labute approximate surface area is 116 Å². The second-order valence-corrected chi connectivity index (χ2v) is 3.92. The predicted molar refractivity (Wildman–Crippen MR) is 70.7 cm³/mol. The standard InChI is InChI=1S/C13H13ClN2O3/c1-3-19-13(17)11(8-15)12(16-18-2)9-4-6-10(14)7-5-9/h4-7,11H,3H2,1-2H3/b16-12+. The molecule has 0 spiro atoms. The highest BCUT2D eigenvalue weighted by Crippen LogP contribution is 2.15. The minimum absolute atomic E-state index is 0.192. The van der Waals surface area contributed by atoms with E-state index in [4.69, 9.17) is 26.4 Å². The Morgan fingerprint density at radius 2 is 2.11 bits per heavy atom. The molecule has 5 nitrogen and oxygen atoms in total. The van der Waals surface area contributed by atoms with E-state index < -0.39 is 11.9 Å². The van der Waals surface area contributed by atoms with E-state index in [2.05, 4.69) is 5.16 Å². The van der Waals surface area contributed by atoms with Crippen molar-refractivity contribution in [1.29, 1.82) is 5.26 Å². The summed E-state index contributed by atoms with van der Waals surface area (Å²) in [6.07, 6.45) is 0. The van der Waals surface area contributed by atoms with Crippen LogP contribution >= 0.6 is 11.6 Å². The number of nitriles is 1. The predicted octanol–water partition coefficient (Wildman–Crippen LogP) is 2.39. The number of hydrogen-bond donors (Lipinski definition) is 0. The molecule has 0 N–H and O–H groups in total. The summed E-state index contributed by atoms with van der Waals surface area (Å²) in [5, 5.41) is 13.4. The zero-order valence-electron chi connectivity index (χ0n) is 10.6. The molecule has 1 aromatic rings. The number of benzene rings is 1. The normalized spacial score (nSPS) is 12.4. The van der Waals surface area contributed by atoms with Crippen LogP contribution in [-0.2, 0) is 14.4 Å². The van der Waals surface area contributed by atoms with Gasteiger partial charge in [0.25, 0.3) is 0 Å². The van der Waals surface area contributed by atoms with E-state index in [1.165, 1.54) is 7.11 Å². The third-order valence-corrected chi connectivity index (χ3v) is 2.51. The lowest BCUT2D eigenvalue weighted by atomic mass is 9.98. The highest BCUT2D eigenvalue weighted by atomic mass is 35.5. The van der Waals surface area contributed by atoms with Crippen LogP contribution in [0.5, 0.6) is 0 Å². The Bertz CT molecular complexity index is 506. The van der Waals surface area contributed by atoms with E-state index in [0.29, 0.717) is 10.6 Å². The van der Waals surface area contributed by atoms with Gasteiger partial charge in [0.2, 0.25) is 0 Å². The van der Waals surface area contributed by atoms with Gasteiger partial charge < -0.3 is 9.57 Å². The maximum atomic E-state index is 11.7. The first-order chi connectivity index (χ1) is 9.13. The molecule has 0 aliphatic rings. The van der Waals surface area contributed by atoms with Gasteiger partial charge in [0, 0.05) is 10.6 Å². The first-order valence-electron chi connectivity index (χ1n) is 5.57. The minimum atomic E-state index is -1.14. The molecule has 19 heavy (non-hydrogen) atoms. The van der Waals surface area contributed by atoms with Gasteiger partial charge in [-0.25, -0.2) is 0 Å². The van der Waals surface area contributed by atoms with E-state index in [9.17, 15) is 4.79 Å². The average molecular weight is 281 g/mol. The Morgan fingerprint density at radius 3 is 2.58 bits per heavy atom. The number of oxime groups is 1. The highest BCUT2D eigenvalue weighted by molar-refractivity contribution is 6.30. The molecule has 100 valence electrons. The van der Waals surface area contributed by atoms with Crippen LogP contribution in [0.2, 0.25) is 5.02 Å². The number of esters is 1. The SMILES string of the molecule is CCOC(=O)C(C#N)/C(=N/OC)c1ccc(Cl)cc1. The first kappa shape index (κ1) is 15.0. The lowest BCUT2D eigenvalue weighted by Gasteiger charge is -2.11. The van der Waals surface area contributed by atoms with Gasteiger partial charge in [0.1, 0.15) is 12.8 Å². The van der Waals surface area contributed by atoms with Gasteiger partial charge >= 0.3 is 5.97 Å². The second kappa shape index (κ2) is 7.39. The summed E-state index contributed by atoms with van der Waals surface area (Å²) in [5.41, 5.74) is 0.769. The van der Waals surface area contributed by atoms with Crippen molar-refractivity contribution in [2.75, 3.05) is 13.7 Å². The van der Waals surface area contributed by atoms with Crippen molar-refractivity contribution < 1.29 is 14.4 Å². The van der Waals surface area contributed by atoms with Gasteiger partial charge in [0.05, 0.1) is 12.7 Å². The summed E-state index contributed by atoms with van der Waals surface area (Å²) in [6, 6.07) is 8.46. The molecule has 1 unspecified atom stereocenters. The average Bonchev–Trinajstić information content (AvgIpc) is 2.40. The number of rotatable bonds is 5. The van der Waals surface area contributed by atoms with Crippen molar-refractivity contribution in [1.82, 2.24) is 0 Å². The molecule has 0 bridgehead atoms. The van der Waals surface area contributed by atoms with Crippen molar-refractivity contribution in [3.63, 3.8) is 0 Å². The highest BCUT2D eigenvalue weighted by Gasteiger charge is 2.27. The molecular formula is C13H13ClN2O3. The summed E-state index contributed by atoms with van der Waals surface area (Å²) in [4.78, 5) is 16.4. The van der Waals surface area contributed by atoms with Crippen LogP contribution < -0.4 is 0 Å². The van der Waals surface area contributed by atoms with Gasteiger partial charge in [-0.1, -0.05) is 28.9 Å². The lowest BCUT2D eigenvalue weighted by molar-refractivity contribution is -0.144. The quantitative estimate of drug-likeness (QED) is 0.472. The van der Waals surface area contributed by atoms with Crippen LogP contribution in [-0.4, -0.2) is 25.4 Å². The monoisotopic (exact) mass is 280 g/mol. The topological polar surface area (TPSA) is 71.7 Å². The van der Waals surface area contributed by atoms with Gasteiger partial charge in [-0.3, -0.25) is 4.79 Å². The van der Waals surface area contributed by atoms with Crippen LogP contribution in [0.15, 0.2) is 29.4 Å². The van der Waals surface area contributed by atoms with Crippen molar-refractivity contribution in [2.24, 2.45) is 11.1 Å². The number of hydrogen-bond acceptors (Lipinski definition) is 5. The Kier molecular flexibility index (Phi) is 5.83. The van der Waals surface area contributed by atoms with Crippen LogP contribution in [0, 0.1) is 17.2 Å². The molecule has 1 aromatic carbocycles. The van der Waals surface area contributed by atoms with Crippen LogP contribution in [0.25, 0.3) is 0 Å². The molecule has 0 heterocycles. The fourth-order valence-corrected chi connectivity index (χ4v) is 1.57. The Morgan fingerprint density at radius 1 is 1.47 bits per heavy atom. The maximum Gasteiger partial charge on any atom is 0.329 e. The fraction of sp³-hybridized carbons (Fsp3) is 0.308. The molecule has 0 radical (unpaired) electrons. The number of nitrogens with zero attached hydrogens (tertiary/aromatic N) is 2. The van der Waals surface area contributed by atoms with Crippen LogP contribution in [0.3, 0.4) is 0 Å².